The molecule has 1 atom stereocenters. The Kier molecular flexibility index (Phi) is 3.43. The van der Waals surface area contributed by atoms with Crippen molar-refractivity contribution in [3.63, 3.8) is 0 Å². The molecule has 0 saturated heterocycles. The Morgan fingerprint density at radius 1 is 1.21 bits per heavy atom. The Hall–Kier alpha value is -2.40. The Balaban J connectivity index is 1.34. The molecule has 3 heterocycles. The average molecular weight is 374 g/mol. The first-order chi connectivity index (χ1) is 13.7. The highest BCUT2D eigenvalue weighted by molar-refractivity contribution is 5.87. The van der Waals surface area contributed by atoms with Gasteiger partial charge in [-0.3, -0.25) is 4.79 Å². The van der Waals surface area contributed by atoms with E-state index in [1.807, 2.05) is 4.90 Å². The lowest BCUT2D eigenvalue weighted by Crippen LogP contribution is -2.55. The summed E-state index contributed by atoms with van der Waals surface area (Å²) in [6.07, 6.45) is 7.36. The van der Waals surface area contributed by atoms with Crippen LogP contribution in [0.2, 0.25) is 0 Å². The van der Waals surface area contributed by atoms with Gasteiger partial charge in [0.25, 0.3) is 0 Å². The summed E-state index contributed by atoms with van der Waals surface area (Å²) in [6.45, 7) is 5.96. The number of hydrogen-bond donors (Lipinski definition) is 1. The van der Waals surface area contributed by atoms with Gasteiger partial charge in [-0.1, -0.05) is 18.7 Å². The fraction of sp³-hybridized carbons (Fsp3) is 0.478. The van der Waals surface area contributed by atoms with Gasteiger partial charge in [0.05, 0.1) is 23.1 Å². The van der Waals surface area contributed by atoms with Crippen LogP contribution in [0.5, 0.6) is 0 Å². The third kappa shape index (κ3) is 2.23. The molecule has 3 fully saturated rings. The molecule has 1 aromatic heterocycles. The van der Waals surface area contributed by atoms with Crippen molar-refractivity contribution in [1.29, 1.82) is 0 Å². The number of nitrogens with zero attached hydrogens (tertiary/aromatic N) is 3. The lowest BCUT2D eigenvalue weighted by Gasteiger charge is -2.62. The number of nitrogens with one attached hydrogen (secondary N) is 1. The van der Waals surface area contributed by atoms with Crippen LogP contribution in [0.3, 0.4) is 0 Å². The SMILES string of the molecule is C=CC(=O)N1CCc2nn(-c3ccc(C45CC(C4)C5)cc3)c3c2[C@@H](C1)NCC3. The van der Waals surface area contributed by atoms with Gasteiger partial charge >= 0.3 is 0 Å². The molecule has 5 aliphatic rings. The largest absolute Gasteiger partial charge is 0.337 e. The van der Waals surface area contributed by atoms with Crippen LogP contribution >= 0.6 is 0 Å². The highest BCUT2D eigenvalue weighted by atomic mass is 16.2. The van der Waals surface area contributed by atoms with Gasteiger partial charge in [0.2, 0.25) is 5.91 Å². The third-order valence-corrected chi connectivity index (χ3v) is 7.47. The summed E-state index contributed by atoms with van der Waals surface area (Å²) in [6, 6.07) is 9.33. The maximum absolute atomic E-state index is 12.1. The number of benzene rings is 1. The molecule has 1 amide bonds. The van der Waals surface area contributed by atoms with E-state index in [1.165, 1.54) is 42.2 Å². The minimum absolute atomic E-state index is 0.0103. The van der Waals surface area contributed by atoms with Crippen LogP contribution in [-0.2, 0) is 23.1 Å². The van der Waals surface area contributed by atoms with Crippen LogP contribution in [0, 0.1) is 5.92 Å². The van der Waals surface area contributed by atoms with Gasteiger partial charge in [-0.15, -0.1) is 0 Å². The fourth-order valence-corrected chi connectivity index (χ4v) is 5.85. The molecule has 144 valence electrons. The number of aromatic nitrogens is 2. The third-order valence-electron chi connectivity index (χ3n) is 7.47. The second kappa shape index (κ2) is 5.80. The standard InChI is InChI=1S/C23H26N4O/c1-2-21(28)26-10-8-18-22-19(14-26)24-9-7-20(22)27(25-18)17-5-3-16(4-6-17)23-11-15(12-23)13-23/h2-6,15,19,24H,1,7-14H2/t15?,19-,23?/m1/s1. The summed E-state index contributed by atoms with van der Waals surface area (Å²) >= 11 is 0. The Morgan fingerprint density at radius 2 is 2.00 bits per heavy atom. The lowest BCUT2D eigenvalue weighted by molar-refractivity contribution is -0.126. The molecule has 7 rings (SSSR count). The first-order valence-corrected chi connectivity index (χ1v) is 10.5. The van der Waals surface area contributed by atoms with Crippen LogP contribution in [0.4, 0.5) is 0 Å². The van der Waals surface area contributed by atoms with E-state index in [0.717, 1.165) is 36.7 Å². The van der Waals surface area contributed by atoms with E-state index in [1.54, 1.807) is 0 Å². The van der Waals surface area contributed by atoms with Crippen molar-refractivity contribution in [1.82, 2.24) is 20.0 Å². The van der Waals surface area contributed by atoms with Crippen molar-refractivity contribution in [3.05, 3.63) is 59.4 Å². The van der Waals surface area contributed by atoms with Gasteiger partial charge in [-0.25, -0.2) is 4.68 Å². The van der Waals surface area contributed by atoms with E-state index >= 15 is 0 Å². The normalized spacial score (nSPS) is 29.9. The van der Waals surface area contributed by atoms with Crippen LogP contribution in [0.25, 0.3) is 5.69 Å². The average Bonchev–Trinajstić information content (AvgIpc) is 2.91. The van der Waals surface area contributed by atoms with Crippen LogP contribution < -0.4 is 5.32 Å². The maximum Gasteiger partial charge on any atom is 0.246 e. The van der Waals surface area contributed by atoms with Gasteiger partial charge in [0.1, 0.15) is 0 Å². The van der Waals surface area contributed by atoms with Crippen molar-refractivity contribution in [2.45, 2.75) is 43.6 Å². The van der Waals surface area contributed by atoms with Crippen molar-refractivity contribution >= 4 is 5.91 Å². The second-order valence-corrected chi connectivity index (χ2v) is 9.02. The Morgan fingerprint density at radius 3 is 2.68 bits per heavy atom. The summed E-state index contributed by atoms with van der Waals surface area (Å²) in [7, 11) is 0. The minimum Gasteiger partial charge on any atom is -0.337 e. The summed E-state index contributed by atoms with van der Waals surface area (Å²) in [5.74, 6) is 1.01. The molecule has 5 heteroatoms. The molecular formula is C23H26N4O. The Bertz CT molecular complexity index is 956. The van der Waals surface area contributed by atoms with Gasteiger partial charge in [-0.2, -0.15) is 5.10 Å². The van der Waals surface area contributed by atoms with E-state index in [2.05, 4.69) is 40.8 Å². The smallest absolute Gasteiger partial charge is 0.246 e. The molecule has 3 aliphatic carbocycles. The number of hydrogen-bond acceptors (Lipinski definition) is 3. The number of carbonyl (C=O) groups excluding carboxylic acids is 1. The summed E-state index contributed by atoms with van der Waals surface area (Å²) < 4.78 is 2.16. The predicted octanol–water partition coefficient (Wildman–Crippen LogP) is 2.68. The van der Waals surface area contributed by atoms with Gasteiger partial charge in [0, 0.05) is 38.0 Å². The minimum atomic E-state index is 0.0103. The molecule has 2 aliphatic heterocycles. The van der Waals surface area contributed by atoms with Crippen molar-refractivity contribution in [2.75, 3.05) is 19.6 Å². The zero-order chi connectivity index (χ0) is 18.9. The summed E-state index contributed by atoms with van der Waals surface area (Å²) in [5, 5.41) is 8.61. The number of amides is 1. The van der Waals surface area contributed by atoms with Crippen LogP contribution in [-0.4, -0.2) is 40.2 Å². The van der Waals surface area contributed by atoms with E-state index in [9.17, 15) is 4.79 Å². The van der Waals surface area contributed by atoms with E-state index in [-0.39, 0.29) is 11.9 Å². The van der Waals surface area contributed by atoms with Crippen molar-refractivity contribution < 1.29 is 4.79 Å². The molecule has 1 aromatic carbocycles. The fourth-order valence-electron chi connectivity index (χ4n) is 5.85. The van der Waals surface area contributed by atoms with E-state index < -0.39 is 0 Å². The molecule has 3 saturated carbocycles. The Labute approximate surface area is 165 Å². The van der Waals surface area contributed by atoms with Gasteiger partial charge in [0.15, 0.2) is 0 Å². The second-order valence-electron chi connectivity index (χ2n) is 9.02. The van der Waals surface area contributed by atoms with E-state index in [4.69, 9.17) is 5.10 Å². The highest BCUT2D eigenvalue weighted by Gasteiger charge is 2.57. The molecule has 28 heavy (non-hydrogen) atoms. The highest BCUT2D eigenvalue weighted by Crippen LogP contribution is 2.65. The molecule has 5 nitrogen and oxygen atoms in total. The monoisotopic (exact) mass is 374 g/mol. The first-order valence-electron chi connectivity index (χ1n) is 10.5. The number of carbonyl (C=O) groups is 1. The van der Waals surface area contributed by atoms with Crippen LogP contribution in [0.15, 0.2) is 36.9 Å². The molecule has 2 aromatic rings. The molecular weight excluding hydrogens is 348 g/mol. The quantitative estimate of drug-likeness (QED) is 0.841. The topological polar surface area (TPSA) is 50.2 Å². The maximum atomic E-state index is 12.1. The number of rotatable bonds is 3. The summed E-state index contributed by atoms with van der Waals surface area (Å²) in [4.78, 5) is 14.0. The zero-order valence-corrected chi connectivity index (χ0v) is 16.2. The summed E-state index contributed by atoms with van der Waals surface area (Å²) in [5.41, 5.74) is 6.95. The van der Waals surface area contributed by atoms with Gasteiger partial charge in [-0.05, 0) is 54.4 Å². The molecule has 0 radical (unpaired) electrons. The van der Waals surface area contributed by atoms with Crippen LogP contribution in [0.1, 0.15) is 47.8 Å². The first kappa shape index (κ1) is 16.5. The molecule has 1 N–H and O–H groups in total. The van der Waals surface area contributed by atoms with E-state index in [0.29, 0.717) is 18.5 Å². The predicted molar refractivity (Wildman–Crippen MR) is 108 cm³/mol. The lowest BCUT2D eigenvalue weighted by atomic mass is 9.42. The molecule has 2 bridgehead atoms. The van der Waals surface area contributed by atoms with Crippen molar-refractivity contribution in [3.8, 4) is 5.69 Å². The molecule has 0 spiro atoms. The van der Waals surface area contributed by atoms with Crippen molar-refractivity contribution in [2.24, 2.45) is 5.92 Å². The molecule has 0 unspecified atom stereocenters. The van der Waals surface area contributed by atoms with Gasteiger partial charge < -0.3 is 10.2 Å². The zero-order valence-electron chi connectivity index (χ0n) is 16.2.